The van der Waals surface area contributed by atoms with Crippen molar-refractivity contribution in [1.82, 2.24) is 9.97 Å². The van der Waals surface area contributed by atoms with Crippen molar-refractivity contribution in [3.05, 3.63) is 45.9 Å². The first-order chi connectivity index (χ1) is 9.95. The Morgan fingerprint density at radius 1 is 1.19 bits per heavy atom. The number of benzene rings is 2. The molecule has 3 nitrogen and oxygen atoms in total. The maximum Gasteiger partial charge on any atom is 0.142 e. The first-order valence-corrected chi connectivity index (χ1v) is 7.74. The summed E-state index contributed by atoms with van der Waals surface area (Å²) >= 11 is 3.46. The number of fused-ring (bicyclic) bond motifs is 1. The highest BCUT2D eigenvalue weighted by molar-refractivity contribution is 9.10. The summed E-state index contributed by atoms with van der Waals surface area (Å²) in [5.41, 5.74) is 4.66. The molecular formula is C17H17BrN2O. The second-order valence-electron chi connectivity index (χ2n) is 5.64. The molecule has 0 amide bonds. The number of rotatable bonds is 2. The van der Waals surface area contributed by atoms with E-state index in [1.807, 2.05) is 37.3 Å². The van der Waals surface area contributed by atoms with Gasteiger partial charge in [0, 0.05) is 4.47 Å². The van der Waals surface area contributed by atoms with Crippen molar-refractivity contribution in [2.24, 2.45) is 0 Å². The zero-order chi connectivity index (χ0) is 15.1. The fourth-order valence-corrected chi connectivity index (χ4v) is 2.79. The van der Waals surface area contributed by atoms with E-state index >= 15 is 0 Å². The number of hydrogen-bond donors (Lipinski definition) is 2. The van der Waals surface area contributed by atoms with Crippen molar-refractivity contribution in [2.45, 2.75) is 26.7 Å². The minimum atomic E-state index is 0.289. The minimum Gasteiger partial charge on any atom is -0.507 e. The van der Waals surface area contributed by atoms with E-state index in [4.69, 9.17) is 0 Å². The van der Waals surface area contributed by atoms with Gasteiger partial charge in [-0.05, 0) is 48.2 Å². The van der Waals surface area contributed by atoms with Crippen LogP contribution in [0.1, 0.15) is 30.9 Å². The number of aryl methyl sites for hydroxylation is 1. The number of hydrogen-bond acceptors (Lipinski definition) is 2. The second kappa shape index (κ2) is 5.19. The standard InChI is InChI=1S/C17H17BrN2O/c1-9(2)11-6-10(3)16(21)13(7-11)17-19-14-5-4-12(18)8-15(14)20-17/h4-9,21H,1-3H3,(H,19,20). The molecule has 0 aliphatic carbocycles. The fourth-order valence-electron chi connectivity index (χ4n) is 2.43. The predicted molar refractivity (Wildman–Crippen MR) is 89.7 cm³/mol. The number of aromatic nitrogens is 2. The summed E-state index contributed by atoms with van der Waals surface area (Å²) in [7, 11) is 0. The molecule has 0 aliphatic heterocycles. The monoisotopic (exact) mass is 344 g/mol. The van der Waals surface area contributed by atoms with Gasteiger partial charge >= 0.3 is 0 Å². The Kier molecular flexibility index (Phi) is 3.49. The number of halogens is 1. The van der Waals surface area contributed by atoms with E-state index in [0.717, 1.165) is 26.6 Å². The number of nitrogens with zero attached hydrogens (tertiary/aromatic N) is 1. The van der Waals surface area contributed by atoms with Gasteiger partial charge in [-0.3, -0.25) is 0 Å². The van der Waals surface area contributed by atoms with Crippen LogP contribution < -0.4 is 0 Å². The van der Waals surface area contributed by atoms with Gasteiger partial charge in [0.25, 0.3) is 0 Å². The molecule has 3 aromatic rings. The number of H-pyrrole nitrogens is 1. The lowest BCUT2D eigenvalue weighted by Crippen LogP contribution is -1.92. The lowest BCUT2D eigenvalue weighted by Gasteiger charge is -2.11. The summed E-state index contributed by atoms with van der Waals surface area (Å²) < 4.78 is 1.00. The van der Waals surface area contributed by atoms with E-state index in [2.05, 4.69) is 39.7 Å². The highest BCUT2D eigenvalue weighted by Gasteiger charge is 2.14. The maximum atomic E-state index is 10.4. The van der Waals surface area contributed by atoms with Crippen LogP contribution in [0.25, 0.3) is 22.4 Å². The molecule has 0 atom stereocenters. The van der Waals surface area contributed by atoms with Gasteiger partial charge in [0.2, 0.25) is 0 Å². The molecule has 3 rings (SSSR count). The van der Waals surface area contributed by atoms with Gasteiger partial charge in [-0.25, -0.2) is 4.98 Å². The highest BCUT2D eigenvalue weighted by atomic mass is 79.9. The Hall–Kier alpha value is -1.81. The van der Waals surface area contributed by atoms with Gasteiger partial charge in [0.05, 0.1) is 16.6 Å². The van der Waals surface area contributed by atoms with E-state index in [1.165, 1.54) is 5.56 Å². The van der Waals surface area contributed by atoms with Crippen molar-refractivity contribution in [1.29, 1.82) is 0 Å². The van der Waals surface area contributed by atoms with Crippen LogP contribution in [-0.2, 0) is 0 Å². The Balaban J connectivity index is 2.21. The molecule has 0 saturated heterocycles. The van der Waals surface area contributed by atoms with Crippen molar-refractivity contribution < 1.29 is 5.11 Å². The van der Waals surface area contributed by atoms with Crippen LogP contribution in [0.2, 0.25) is 0 Å². The molecule has 2 aromatic carbocycles. The molecule has 1 heterocycles. The summed E-state index contributed by atoms with van der Waals surface area (Å²) in [6.45, 7) is 6.21. The molecule has 2 N–H and O–H groups in total. The highest BCUT2D eigenvalue weighted by Crippen LogP contribution is 2.35. The third-order valence-electron chi connectivity index (χ3n) is 3.69. The normalized spacial score (nSPS) is 11.5. The summed E-state index contributed by atoms with van der Waals surface area (Å²) in [5, 5.41) is 10.4. The van der Waals surface area contributed by atoms with Crippen LogP contribution in [0.3, 0.4) is 0 Å². The van der Waals surface area contributed by atoms with E-state index in [0.29, 0.717) is 11.7 Å². The van der Waals surface area contributed by atoms with Crippen LogP contribution in [0.4, 0.5) is 0 Å². The summed E-state index contributed by atoms with van der Waals surface area (Å²) in [4.78, 5) is 7.88. The van der Waals surface area contributed by atoms with Gasteiger partial charge in [-0.1, -0.05) is 35.8 Å². The van der Waals surface area contributed by atoms with Crippen molar-refractivity contribution in [3.63, 3.8) is 0 Å². The lowest BCUT2D eigenvalue weighted by atomic mass is 9.97. The van der Waals surface area contributed by atoms with Gasteiger partial charge in [0.15, 0.2) is 0 Å². The molecule has 0 radical (unpaired) electrons. The average Bonchev–Trinajstić information content (AvgIpc) is 2.84. The maximum absolute atomic E-state index is 10.4. The first-order valence-electron chi connectivity index (χ1n) is 6.95. The molecule has 21 heavy (non-hydrogen) atoms. The van der Waals surface area contributed by atoms with Crippen molar-refractivity contribution in [2.75, 3.05) is 0 Å². The third kappa shape index (κ3) is 2.56. The Bertz CT molecular complexity index is 821. The quantitative estimate of drug-likeness (QED) is 0.676. The van der Waals surface area contributed by atoms with Crippen LogP contribution in [0.15, 0.2) is 34.8 Å². The van der Waals surface area contributed by atoms with E-state index in [9.17, 15) is 5.11 Å². The van der Waals surface area contributed by atoms with E-state index in [1.54, 1.807) is 0 Å². The molecule has 1 aromatic heterocycles. The zero-order valence-electron chi connectivity index (χ0n) is 12.2. The predicted octanol–water partition coefficient (Wildman–Crippen LogP) is 5.13. The number of aromatic amines is 1. The second-order valence-corrected chi connectivity index (χ2v) is 6.55. The number of phenolic OH excluding ortho intramolecular Hbond substituents is 1. The van der Waals surface area contributed by atoms with Crippen LogP contribution in [0.5, 0.6) is 5.75 Å². The van der Waals surface area contributed by atoms with Gasteiger partial charge in [-0.2, -0.15) is 0 Å². The summed E-state index contributed by atoms with van der Waals surface area (Å²) in [6.07, 6.45) is 0. The molecule has 4 heteroatoms. The molecule has 108 valence electrons. The number of aromatic hydroxyl groups is 1. The van der Waals surface area contributed by atoms with Gasteiger partial charge in [-0.15, -0.1) is 0 Å². The van der Waals surface area contributed by atoms with Crippen LogP contribution in [-0.4, -0.2) is 15.1 Å². The smallest absolute Gasteiger partial charge is 0.142 e. The number of imidazole rings is 1. The molecular weight excluding hydrogens is 328 g/mol. The Morgan fingerprint density at radius 3 is 2.67 bits per heavy atom. The molecule has 0 spiro atoms. The average molecular weight is 345 g/mol. The molecule has 0 bridgehead atoms. The SMILES string of the molecule is Cc1cc(C(C)C)cc(-c2nc3ccc(Br)cc3[nH]2)c1O. The van der Waals surface area contributed by atoms with Gasteiger partial charge in [0.1, 0.15) is 11.6 Å². The van der Waals surface area contributed by atoms with Gasteiger partial charge < -0.3 is 10.1 Å². The molecule has 0 fully saturated rings. The van der Waals surface area contributed by atoms with Crippen molar-refractivity contribution in [3.8, 4) is 17.1 Å². The number of phenols is 1. The Morgan fingerprint density at radius 2 is 1.95 bits per heavy atom. The molecule has 0 aliphatic rings. The third-order valence-corrected chi connectivity index (χ3v) is 4.18. The van der Waals surface area contributed by atoms with Crippen molar-refractivity contribution >= 4 is 27.0 Å². The lowest BCUT2D eigenvalue weighted by molar-refractivity contribution is 0.472. The summed E-state index contributed by atoms with van der Waals surface area (Å²) in [5.74, 6) is 1.39. The first kappa shape index (κ1) is 14.1. The fraction of sp³-hybridized carbons (Fsp3) is 0.235. The minimum absolute atomic E-state index is 0.289. The van der Waals surface area contributed by atoms with Crippen LogP contribution in [0, 0.1) is 6.92 Å². The molecule has 0 unspecified atom stereocenters. The van der Waals surface area contributed by atoms with Crippen LogP contribution >= 0.6 is 15.9 Å². The number of nitrogens with one attached hydrogen (secondary N) is 1. The summed E-state index contributed by atoms with van der Waals surface area (Å²) in [6, 6.07) is 9.95. The van der Waals surface area contributed by atoms with E-state index in [-0.39, 0.29) is 5.75 Å². The zero-order valence-corrected chi connectivity index (χ0v) is 13.8. The topological polar surface area (TPSA) is 48.9 Å². The van der Waals surface area contributed by atoms with E-state index < -0.39 is 0 Å². The largest absolute Gasteiger partial charge is 0.507 e. The molecule has 0 saturated carbocycles. The Labute approximate surface area is 132 Å².